The van der Waals surface area contributed by atoms with Gasteiger partial charge in [-0.05, 0) is 32.4 Å². The van der Waals surface area contributed by atoms with Gasteiger partial charge in [-0.15, -0.1) is 0 Å². The maximum absolute atomic E-state index is 12.4. The van der Waals surface area contributed by atoms with Crippen molar-refractivity contribution in [2.45, 2.75) is 27.2 Å². The molecule has 1 atom stereocenters. The van der Waals surface area contributed by atoms with E-state index in [1.807, 2.05) is 69.3 Å². The number of nitrogens with one attached hydrogen (secondary N) is 1. The molecule has 1 N–H and O–H groups in total. The van der Waals surface area contributed by atoms with Gasteiger partial charge in [-0.1, -0.05) is 53.4 Å². The minimum atomic E-state index is -0.440. The van der Waals surface area contributed by atoms with Gasteiger partial charge in [-0.25, -0.2) is 0 Å². The van der Waals surface area contributed by atoms with Gasteiger partial charge >= 0.3 is 0 Å². The Balaban J connectivity index is 0.00000288. The van der Waals surface area contributed by atoms with Crippen molar-refractivity contribution in [1.29, 1.82) is 0 Å². The summed E-state index contributed by atoms with van der Waals surface area (Å²) in [6.45, 7) is 5.78. The van der Waals surface area contributed by atoms with Gasteiger partial charge in [0.25, 0.3) is 0 Å². The van der Waals surface area contributed by atoms with Crippen LogP contribution in [0.4, 0.5) is 5.69 Å². The number of ketones is 1. The fraction of sp³-hybridized carbons (Fsp3) is 0.250. The van der Waals surface area contributed by atoms with Crippen LogP contribution >= 0.6 is 0 Å². The quantitative estimate of drug-likeness (QED) is 0.582. The fourth-order valence-electron chi connectivity index (χ4n) is 2.29. The van der Waals surface area contributed by atoms with Crippen molar-refractivity contribution in [2.24, 2.45) is 5.92 Å². The first-order chi connectivity index (χ1) is 11.0. The normalized spacial score (nSPS) is 11.3. The average molecular weight is 397 g/mol. The first kappa shape index (κ1) is 20.7. The Morgan fingerprint density at radius 1 is 0.958 bits per heavy atom. The molecule has 0 aliphatic carbocycles. The summed E-state index contributed by atoms with van der Waals surface area (Å²) in [5.41, 5.74) is 3.63. The van der Waals surface area contributed by atoms with Crippen LogP contribution in [0.5, 0.6) is 0 Å². The van der Waals surface area contributed by atoms with Crippen LogP contribution in [0, 0.1) is 26.2 Å². The summed E-state index contributed by atoms with van der Waals surface area (Å²) in [6, 6.07) is 15.0. The molecule has 0 bridgehead atoms. The van der Waals surface area contributed by atoms with Crippen LogP contribution in [0.15, 0.2) is 48.5 Å². The van der Waals surface area contributed by atoms with Crippen LogP contribution in [0.25, 0.3) is 0 Å². The zero-order chi connectivity index (χ0) is 16.8. The number of rotatable bonds is 6. The topological polar surface area (TPSA) is 46.2 Å². The van der Waals surface area contributed by atoms with Crippen LogP contribution in [-0.4, -0.2) is 11.7 Å². The van der Waals surface area contributed by atoms with E-state index in [9.17, 15) is 9.59 Å². The van der Waals surface area contributed by atoms with E-state index < -0.39 is 5.92 Å². The molecule has 2 aromatic rings. The summed E-state index contributed by atoms with van der Waals surface area (Å²) in [5, 5.41) is 2.86. The number of hydrogen-bond acceptors (Lipinski definition) is 2. The molecule has 0 fully saturated rings. The van der Waals surface area contributed by atoms with E-state index in [1.165, 1.54) is 0 Å². The molecule has 0 aliphatic rings. The van der Waals surface area contributed by atoms with E-state index in [1.54, 1.807) is 6.42 Å². The molecule has 0 saturated carbocycles. The molecule has 2 rings (SSSR count). The molecule has 1 radical (unpaired) electrons. The Morgan fingerprint density at radius 3 is 1.96 bits per heavy atom. The van der Waals surface area contributed by atoms with Crippen LogP contribution in [0.1, 0.15) is 34.8 Å². The second-order valence-corrected chi connectivity index (χ2v) is 5.79. The zero-order valence-electron chi connectivity index (χ0n) is 14.4. The zero-order valence-corrected chi connectivity index (χ0v) is 17.2. The summed E-state index contributed by atoms with van der Waals surface area (Å²) in [5.74, 6) is -0.617. The van der Waals surface area contributed by atoms with E-state index >= 15 is 0 Å². The maximum atomic E-state index is 12.4. The van der Waals surface area contributed by atoms with Gasteiger partial charge in [0, 0.05) is 44.0 Å². The van der Waals surface area contributed by atoms with Crippen molar-refractivity contribution in [3.8, 4) is 0 Å². The van der Waals surface area contributed by atoms with E-state index in [2.05, 4.69) is 5.32 Å². The summed E-state index contributed by atoms with van der Waals surface area (Å²) in [4.78, 5) is 24.7. The summed E-state index contributed by atoms with van der Waals surface area (Å²) >= 11 is 0. The van der Waals surface area contributed by atoms with Gasteiger partial charge in [0.15, 0.2) is 11.7 Å². The van der Waals surface area contributed by atoms with Crippen LogP contribution < -0.4 is 5.32 Å². The van der Waals surface area contributed by atoms with Gasteiger partial charge in [0.05, 0.1) is 0 Å². The van der Waals surface area contributed by atoms with E-state index in [0.29, 0.717) is 5.56 Å². The number of hydrogen-bond donors (Lipinski definition) is 1. The smallest absolute Gasteiger partial charge is 0.197 e. The fourth-order valence-corrected chi connectivity index (χ4v) is 2.29. The number of benzene rings is 2. The first-order valence-electron chi connectivity index (χ1n) is 7.76. The van der Waals surface area contributed by atoms with Crippen LogP contribution in [0.2, 0.25) is 0 Å². The van der Waals surface area contributed by atoms with Gasteiger partial charge < -0.3 is 11.7 Å². The minimum absolute atomic E-state index is 0. The minimum Gasteiger partial charge on any atom is -0.328 e. The van der Waals surface area contributed by atoms with Gasteiger partial charge in [-0.2, -0.15) is 6.92 Å². The van der Waals surface area contributed by atoms with Crippen LogP contribution in [0.3, 0.4) is 0 Å². The molecule has 0 aromatic heterocycles. The molecular weight excluding hydrogens is 375 g/mol. The third-order valence-electron chi connectivity index (χ3n) is 3.84. The molecular formula is C20H22NO2Y-. The Bertz CT molecular complexity index is 678. The third kappa shape index (κ3) is 5.96. The summed E-state index contributed by atoms with van der Waals surface area (Å²) in [6.07, 6.45) is 1.95. The second-order valence-electron chi connectivity index (χ2n) is 5.79. The van der Waals surface area contributed by atoms with E-state index in [-0.39, 0.29) is 50.8 Å². The molecule has 3 nitrogen and oxygen atoms in total. The predicted molar refractivity (Wildman–Crippen MR) is 93.4 cm³/mol. The van der Waals surface area contributed by atoms with Gasteiger partial charge in [0.1, 0.15) is 0 Å². The first-order valence-corrected chi connectivity index (χ1v) is 7.76. The molecule has 2 aromatic carbocycles. The Labute approximate surface area is 169 Å². The average Bonchev–Trinajstić information content (AvgIpc) is 2.55. The van der Waals surface area contributed by atoms with Crippen molar-refractivity contribution in [1.82, 2.24) is 0 Å². The number of carbonyl (C=O) groups is 2. The second kappa shape index (κ2) is 9.85. The molecule has 24 heavy (non-hydrogen) atoms. The molecule has 0 spiro atoms. The van der Waals surface area contributed by atoms with Gasteiger partial charge in [0.2, 0.25) is 0 Å². The summed E-state index contributed by atoms with van der Waals surface area (Å²) in [7, 11) is 0. The Morgan fingerprint density at radius 2 is 1.46 bits per heavy atom. The predicted octanol–water partition coefficient (Wildman–Crippen LogP) is 4.35. The number of Topliss-reactive ketones (excluding diaryl/α,β-unsaturated/α-hetero) is 1. The van der Waals surface area contributed by atoms with Gasteiger partial charge in [-0.3, -0.25) is 9.59 Å². The molecule has 1 unspecified atom stereocenters. The largest absolute Gasteiger partial charge is 0.328 e. The third-order valence-corrected chi connectivity index (χ3v) is 3.84. The van der Waals surface area contributed by atoms with E-state index in [0.717, 1.165) is 16.8 Å². The van der Waals surface area contributed by atoms with Crippen molar-refractivity contribution < 1.29 is 42.3 Å². The van der Waals surface area contributed by atoms with Crippen molar-refractivity contribution in [2.75, 3.05) is 5.32 Å². The number of aryl methyl sites for hydroxylation is 2. The number of carbonyl (C=O) groups excluding carboxylic acids is 2. The Hall–Kier alpha value is -1.32. The molecule has 0 aliphatic heterocycles. The van der Waals surface area contributed by atoms with Crippen molar-refractivity contribution in [3.05, 3.63) is 71.6 Å². The SMILES string of the molecule is C[CH-]C(CC(=O)c1ccc(C)cc1)C(=O)Nc1ccc(C)cc1.[Y]. The molecule has 4 heteroatoms. The summed E-state index contributed by atoms with van der Waals surface area (Å²) < 4.78 is 0. The number of anilines is 1. The molecule has 0 heterocycles. The standard InChI is InChI=1S/C20H22NO2.Y/c1-4-16(13-19(22)17-9-5-14(2)6-10-17)20(23)21-18-11-7-15(3)8-12-18;/h4-12,16H,13H2,1-3H3,(H,21,23);/q-1;. The maximum Gasteiger partial charge on any atom is 0.197 e. The van der Waals surface area contributed by atoms with Crippen LogP contribution in [-0.2, 0) is 37.5 Å². The molecule has 0 saturated heterocycles. The molecule has 1 amide bonds. The number of amides is 1. The van der Waals surface area contributed by atoms with E-state index in [4.69, 9.17) is 0 Å². The monoisotopic (exact) mass is 397 g/mol. The van der Waals surface area contributed by atoms with Crippen molar-refractivity contribution in [3.63, 3.8) is 0 Å². The van der Waals surface area contributed by atoms with Crippen molar-refractivity contribution >= 4 is 17.4 Å². The molecule has 123 valence electrons. The Kier molecular flexibility index (Phi) is 8.51.